The van der Waals surface area contributed by atoms with Gasteiger partial charge < -0.3 is 10.1 Å². The van der Waals surface area contributed by atoms with Crippen molar-refractivity contribution in [3.63, 3.8) is 0 Å². The Labute approximate surface area is 150 Å². The average Bonchev–Trinajstić information content (AvgIpc) is 2.60. The zero-order chi connectivity index (χ0) is 18.4. The van der Waals surface area contributed by atoms with Gasteiger partial charge in [-0.25, -0.2) is 0 Å². The summed E-state index contributed by atoms with van der Waals surface area (Å²) in [4.78, 5) is 22.7. The van der Waals surface area contributed by atoms with Gasteiger partial charge in [0, 0.05) is 16.8 Å². The number of nitrogens with one attached hydrogen (secondary N) is 1. The summed E-state index contributed by atoms with van der Waals surface area (Å²) in [5, 5.41) is 14.1. The molecule has 0 unspecified atom stereocenters. The lowest BCUT2D eigenvalue weighted by molar-refractivity contribution is -0.385. The number of hydrogen-bond donors (Lipinski definition) is 1. The molecule has 0 saturated carbocycles. The van der Waals surface area contributed by atoms with Gasteiger partial charge >= 0.3 is 5.69 Å². The first kappa shape index (κ1) is 18.7. The fourth-order valence-corrected chi connectivity index (χ4v) is 2.64. The summed E-state index contributed by atoms with van der Waals surface area (Å²) < 4.78 is 5.32. The van der Waals surface area contributed by atoms with Crippen molar-refractivity contribution in [3.05, 3.63) is 62.7 Å². The Morgan fingerprint density at radius 1 is 1.20 bits per heavy atom. The van der Waals surface area contributed by atoms with E-state index in [4.69, 9.17) is 16.3 Å². The van der Waals surface area contributed by atoms with E-state index in [0.717, 1.165) is 29.7 Å². The van der Waals surface area contributed by atoms with Gasteiger partial charge in [-0.15, -0.1) is 0 Å². The van der Waals surface area contributed by atoms with Crippen LogP contribution in [-0.4, -0.2) is 17.4 Å². The molecule has 132 valence electrons. The van der Waals surface area contributed by atoms with Gasteiger partial charge in [-0.1, -0.05) is 43.6 Å². The summed E-state index contributed by atoms with van der Waals surface area (Å²) in [7, 11) is 0. The first-order chi connectivity index (χ1) is 12.0. The molecule has 0 spiro atoms. The van der Waals surface area contributed by atoms with Gasteiger partial charge in [0.25, 0.3) is 5.91 Å². The second kappa shape index (κ2) is 8.48. The van der Waals surface area contributed by atoms with Crippen LogP contribution in [0.1, 0.15) is 25.0 Å². The fourth-order valence-electron chi connectivity index (χ4n) is 2.48. The quantitative estimate of drug-likeness (QED) is 0.585. The SMILES string of the molecule is CCc1cccc(CC)c1NC(=O)COc1ccc(Cl)cc1[N+](=O)[O-]. The molecule has 0 aliphatic rings. The van der Waals surface area contributed by atoms with E-state index in [1.54, 1.807) is 0 Å². The van der Waals surface area contributed by atoms with Crippen LogP contribution >= 0.6 is 11.6 Å². The van der Waals surface area contributed by atoms with E-state index < -0.39 is 4.92 Å². The minimum absolute atomic E-state index is 0.00374. The smallest absolute Gasteiger partial charge is 0.312 e. The second-order valence-electron chi connectivity index (χ2n) is 5.36. The first-order valence-electron chi connectivity index (χ1n) is 7.93. The maximum atomic E-state index is 12.2. The van der Waals surface area contributed by atoms with E-state index in [1.807, 2.05) is 32.0 Å². The zero-order valence-corrected chi connectivity index (χ0v) is 14.8. The molecule has 0 aromatic heterocycles. The molecule has 0 aliphatic carbocycles. The molecule has 6 nitrogen and oxygen atoms in total. The number of halogens is 1. The molecule has 2 aromatic rings. The first-order valence-corrected chi connectivity index (χ1v) is 8.31. The number of para-hydroxylation sites is 1. The Morgan fingerprint density at radius 2 is 1.84 bits per heavy atom. The third kappa shape index (κ3) is 4.70. The van der Waals surface area contributed by atoms with Gasteiger partial charge in [-0.05, 0) is 36.1 Å². The minimum Gasteiger partial charge on any atom is -0.477 e. The van der Waals surface area contributed by atoms with Crippen molar-refractivity contribution in [1.29, 1.82) is 0 Å². The summed E-state index contributed by atoms with van der Waals surface area (Å²) in [6, 6.07) is 9.92. The molecule has 0 radical (unpaired) electrons. The monoisotopic (exact) mass is 362 g/mol. The molecular weight excluding hydrogens is 344 g/mol. The average molecular weight is 363 g/mol. The van der Waals surface area contributed by atoms with Crippen LogP contribution in [0.5, 0.6) is 5.75 Å². The molecule has 0 saturated heterocycles. The lowest BCUT2D eigenvalue weighted by Gasteiger charge is -2.14. The summed E-state index contributed by atoms with van der Waals surface area (Å²) in [6.07, 6.45) is 1.57. The van der Waals surface area contributed by atoms with Crippen LogP contribution in [-0.2, 0) is 17.6 Å². The van der Waals surface area contributed by atoms with Crippen molar-refractivity contribution in [1.82, 2.24) is 0 Å². The number of hydrogen-bond acceptors (Lipinski definition) is 4. The molecule has 2 rings (SSSR count). The van der Waals surface area contributed by atoms with Gasteiger partial charge in [0.05, 0.1) is 4.92 Å². The molecule has 1 N–H and O–H groups in total. The molecule has 2 aromatic carbocycles. The van der Waals surface area contributed by atoms with E-state index >= 15 is 0 Å². The van der Waals surface area contributed by atoms with Crippen molar-refractivity contribution in [2.75, 3.05) is 11.9 Å². The van der Waals surface area contributed by atoms with Crippen LogP contribution in [0.25, 0.3) is 0 Å². The van der Waals surface area contributed by atoms with Crippen molar-refractivity contribution >= 4 is 28.9 Å². The molecule has 0 atom stereocenters. The standard InChI is InChI=1S/C18H19ClN2O4/c1-3-12-6-5-7-13(4-2)18(12)20-17(22)11-25-16-9-8-14(19)10-15(16)21(23)24/h5-10H,3-4,11H2,1-2H3,(H,20,22). The number of nitro groups is 1. The Kier molecular flexibility index (Phi) is 6.36. The van der Waals surface area contributed by atoms with Crippen LogP contribution in [0, 0.1) is 10.1 Å². The number of nitro benzene ring substituents is 1. The number of benzene rings is 2. The lowest BCUT2D eigenvalue weighted by Crippen LogP contribution is -2.22. The molecule has 0 aliphatic heterocycles. The number of carbonyl (C=O) groups excluding carboxylic acids is 1. The number of ether oxygens (including phenoxy) is 1. The van der Waals surface area contributed by atoms with E-state index in [9.17, 15) is 14.9 Å². The summed E-state index contributed by atoms with van der Waals surface area (Å²) in [6.45, 7) is 3.69. The lowest BCUT2D eigenvalue weighted by atomic mass is 10.0. The summed E-state index contributed by atoms with van der Waals surface area (Å²) in [5.74, 6) is -0.371. The highest BCUT2D eigenvalue weighted by atomic mass is 35.5. The summed E-state index contributed by atoms with van der Waals surface area (Å²) in [5.41, 5.74) is 2.57. The van der Waals surface area contributed by atoms with Crippen molar-refractivity contribution in [3.8, 4) is 5.75 Å². The number of amides is 1. The highest BCUT2D eigenvalue weighted by molar-refractivity contribution is 6.30. The largest absolute Gasteiger partial charge is 0.477 e. The third-order valence-corrected chi connectivity index (χ3v) is 3.97. The maximum Gasteiger partial charge on any atom is 0.312 e. The van der Waals surface area contributed by atoms with E-state index in [2.05, 4.69) is 5.32 Å². The van der Waals surface area contributed by atoms with Gasteiger partial charge in [0.2, 0.25) is 0 Å². The van der Waals surface area contributed by atoms with Gasteiger partial charge in [-0.3, -0.25) is 14.9 Å². The van der Waals surface area contributed by atoms with Crippen molar-refractivity contribution < 1.29 is 14.5 Å². The highest BCUT2D eigenvalue weighted by Gasteiger charge is 2.17. The normalized spacial score (nSPS) is 10.4. The third-order valence-electron chi connectivity index (χ3n) is 3.74. The van der Waals surface area contributed by atoms with E-state index in [1.165, 1.54) is 18.2 Å². The zero-order valence-electron chi connectivity index (χ0n) is 14.0. The van der Waals surface area contributed by atoms with E-state index in [0.29, 0.717) is 0 Å². The van der Waals surface area contributed by atoms with Crippen molar-refractivity contribution in [2.45, 2.75) is 26.7 Å². The number of nitrogens with zero attached hydrogens (tertiary/aromatic N) is 1. The second-order valence-corrected chi connectivity index (χ2v) is 5.80. The molecule has 25 heavy (non-hydrogen) atoms. The molecule has 0 heterocycles. The maximum absolute atomic E-state index is 12.2. The predicted molar refractivity (Wildman–Crippen MR) is 97.4 cm³/mol. The number of aryl methyl sites for hydroxylation is 2. The Morgan fingerprint density at radius 3 is 2.40 bits per heavy atom. The molecule has 0 bridgehead atoms. The molecule has 0 fully saturated rings. The van der Waals surface area contributed by atoms with Crippen LogP contribution in [0.3, 0.4) is 0 Å². The molecule has 1 amide bonds. The van der Waals surface area contributed by atoms with Crippen LogP contribution < -0.4 is 10.1 Å². The van der Waals surface area contributed by atoms with Crippen LogP contribution in [0.15, 0.2) is 36.4 Å². The predicted octanol–water partition coefficient (Wildman–Crippen LogP) is 4.39. The van der Waals surface area contributed by atoms with Gasteiger partial charge in [-0.2, -0.15) is 0 Å². The minimum atomic E-state index is -0.597. The molecule has 7 heteroatoms. The van der Waals surface area contributed by atoms with Gasteiger partial charge in [0.1, 0.15) is 0 Å². The fraction of sp³-hybridized carbons (Fsp3) is 0.278. The molecular formula is C18H19ClN2O4. The number of rotatable bonds is 7. The van der Waals surface area contributed by atoms with Crippen LogP contribution in [0.2, 0.25) is 5.02 Å². The Balaban J connectivity index is 2.11. The topological polar surface area (TPSA) is 81.5 Å². The highest BCUT2D eigenvalue weighted by Crippen LogP contribution is 2.30. The van der Waals surface area contributed by atoms with E-state index in [-0.39, 0.29) is 29.0 Å². The van der Waals surface area contributed by atoms with Crippen molar-refractivity contribution in [2.24, 2.45) is 0 Å². The Hall–Kier alpha value is -2.60. The van der Waals surface area contributed by atoms with Crippen LogP contribution in [0.4, 0.5) is 11.4 Å². The van der Waals surface area contributed by atoms with Gasteiger partial charge in [0.15, 0.2) is 12.4 Å². The Bertz CT molecular complexity index is 770. The number of anilines is 1. The summed E-state index contributed by atoms with van der Waals surface area (Å²) >= 11 is 5.76. The number of carbonyl (C=O) groups is 1.